The molecular formula is C31H31FN6. The number of aromatic amines is 2. The molecule has 0 unspecified atom stereocenters. The lowest BCUT2D eigenvalue weighted by Crippen LogP contribution is -2.13. The molecule has 38 heavy (non-hydrogen) atoms. The van der Waals surface area contributed by atoms with Gasteiger partial charge in [-0.05, 0) is 94.0 Å². The normalized spacial score (nSPS) is 12.4. The smallest absolute Gasteiger partial charge is 0.135 e. The number of nitrogens with one attached hydrogen (secondary N) is 2. The van der Waals surface area contributed by atoms with Crippen LogP contribution in [0.5, 0.6) is 0 Å². The largest absolute Gasteiger partial charge is 0.353 e. The van der Waals surface area contributed by atoms with Crippen molar-refractivity contribution in [1.82, 2.24) is 30.0 Å². The van der Waals surface area contributed by atoms with Crippen LogP contribution in [-0.4, -0.2) is 50.7 Å². The molecule has 0 radical (unpaired) electrons. The van der Waals surface area contributed by atoms with Gasteiger partial charge in [0.25, 0.3) is 0 Å². The summed E-state index contributed by atoms with van der Waals surface area (Å²) in [6.45, 7) is 6.69. The van der Waals surface area contributed by atoms with Crippen LogP contribution >= 0.6 is 0 Å². The Hall–Kier alpha value is -4.36. The molecular weight excluding hydrogens is 475 g/mol. The number of aromatic nitrogens is 5. The van der Waals surface area contributed by atoms with E-state index in [-0.39, 0.29) is 5.82 Å². The fraction of sp³-hybridized carbons (Fsp3) is 0.194. The molecule has 0 aliphatic heterocycles. The summed E-state index contributed by atoms with van der Waals surface area (Å²) < 4.78 is 14.6. The Labute approximate surface area is 221 Å². The summed E-state index contributed by atoms with van der Waals surface area (Å²) in [5.74, 6) is -0.253. The molecule has 4 aromatic heterocycles. The summed E-state index contributed by atoms with van der Waals surface area (Å²) in [7, 11) is 4.09. The van der Waals surface area contributed by atoms with E-state index in [1.165, 1.54) is 0 Å². The van der Waals surface area contributed by atoms with Crippen LogP contribution in [-0.2, 0) is 6.42 Å². The molecule has 4 heterocycles. The fourth-order valence-corrected chi connectivity index (χ4v) is 4.69. The van der Waals surface area contributed by atoms with Crippen LogP contribution in [0, 0.1) is 5.82 Å². The van der Waals surface area contributed by atoms with E-state index in [1.807, 2.05) is 69.6 Å². The van der Waals surface area contributed by atoms with Crippen molar-refractivity contribution in [1.29, 1.82) is 0 Å². The lowest BCUT2D eigenvalue weighted by atomic mass is 10.0. The molecule has 5 rings (SSSR count). The minimum Gasteiger partial charge on any atom is -0.353 e. The van der Waals surface area contributed by atoms with Crippen LogP contribution in [0.25, 0.3) is 50.2 Å². The lowest BCUT2D eigenvalue weighted by molar-refractivity contribution is 0.400. The second-order valence-electron chi connectivity index (χ2n) is 9.56. The molecule has 2 N–H and O–H groups in total. The maximum Gasteiger partial charge on any atom is 0.135 e. The SMILES string of the molecule is C=C/C=C\C(=C/C)c1ccc2[nH]nc(-c3cc4c(-c5cc(F)cc(CCCN(C)C)c5)nccc4[nH]3)c2n1. The van der Waals surface area contributed by atoms with Gasteiger partial charge in [-0.3, -0.25) is 10.1 Å². The zero-order valence-electron chi connectivity index (χ0n) is 21.9. The van der Waals surface area contributed by atoms with Gasteiger partial charge in [0, 0.05) is 22.7 Å². The Morgan fingerprint density at radius 3 is 2.74 bits per heavy atom. The highest BCUT2D eigenvalue weighted by Gasteiger charge is 2.16. The number of aryl methyl sites for hydroxylation is 1. The van der Waals surface area contributed by atoms with Crippen molar-refractivity contribution >= 4 is 27.5 Å². The molecule has 5 aromatic rings. The van der Waals surface area contributed by atoms with Crippen LogP contribution in [0.2, 0.25) is 0 Å². The first-order valence-corrected chi connectivity index (χ1v) is 12.7. The van der Waals surface area contributed by atoms with Crippen LogP contribution in [0.3, 0.4) is 0 Å². The zero-order chi connectivity index (χ0) is 26.6. The highest BCUT2D eigenvalue weighted by atomic mass is 19.1. The number of fused-ring (bicyclic) bond motifs is 2. The molecule has 0 saturated heterocycles. The van der Waals surface area contributed by atoms with E-state index < -0.39 is 0 Å². The predicted molar refractivity (Wildman–Crippen MR) is 154 cm³/mol. The highest BCUT2D eigenvalue weighted by molar-refractivity contribution is 5.99. The molecule has 192 valence electrons. The third-order valence-corrected chi connectivity index (χ3v) is 6.53. The topological polar surface area (TPSA) is 73.5 Å². The van der Waals surface area contributed by atoms with Crippen molar-refractivity contribution in [2.75, 3.05) is 20.6 Å². The van der Waals surface area contributed by atoms with Crippen molar-refractivity contribution in [3.8, 4) is 22.6 Å². The van der Waals surface area contributed by atoms with Gasteiger partial charge in [0.2, 0.25) is 0 Å². The molecule has 0 aliphatic rings. The number of pyridine rings is 2. The van der Waals surface area contributed by atoms with Gasteiger partial charge in [-0.25, -0.2) is 9.37 Å². The summed E-state index contributed by atoms with van der Waals surface area (Å²) in [4.78, 5) is 15.2. The van der Waals surface area contributed by atoms with E-state index in [1.54, 1.807) is 24.4 Å². The van der Waals surface area contributed by atoms with E-state index in [0.29, 0.717) is 0 Å². The molecule has 0 spiro atoms. The van der Waals surface area contributed by atoms with Gasteiger partial charge in [-0.2, -0.15) is 5.10 Å². The second-order valence-corrected chi connectivity index (χ2v) is 9.56. The van der Waals surface area contributed by atoms with Gasteiger partial charge in [0.1, 0.15) is 17.0 Å². The van der Waals surface area contributed by atoms with Crippen molar-refractivity contribution in [2.24, 2.45) is 0 Å². The van der Waals surface area contributed by atoms with Crippen molar-refractivity contribution in [2.45, 2.75) is 19.8 Å². The number of hydrogen-bond acceptors (Lipinski definition) is 4. The Morgan fingerprint density at radius 2 is 1.95 bits per heavy atom. The molecule has 7 heteroatoms. The summed E-state index contributed by atoms with van der Waals surface area (Å²) in [5, 5.41) is 8.57. The number of halogens is 1. The van der Waals surface area contributed by atoms with Gasteiger partial charge in [0.05, 0.1) is 22.6 Å². The zero-order valence-corrected chi connectivity index (χ0v) is 21.9. The van der Waals surface area contributed by atoms with Crippen LogP contribution in [0.15, 0.2) is 79.5 Å². The average molecular weight is 507 g/mol. The Bertz CT molecular complexity index is 1670. The number of nitrogens with zero attached hydrogens (tertiary/aromatic N) is 4. The first-order chi connectivity index (χ1) is 18.5. The number of allylic oxidation sites excluding steroid dienone is 5. The van der Waals surface area contributed by atoms with Gasteiger partial charge in [-0.1, -0.05) is 30.9 Å². The van der Waals surface area contributed by atoms with E-state index >= 15 is 0 Å². The Balaban J connectivity index is 1.55. The first kappa shape index (κ1) is 25.3. The fourth-order valence-electron chi connectivity index (χ4n) is 4.69. The van der Waals surface area contributed by atoms with E-state index in [2.05, 4.69) is 31.6 Å². The molecule has 6 nitrogen and oxygen atoms in total. The molecule has 0 atom stereocenters. The van der Waals surface area contributed by atoms with Crippen LogP contribution in [0.4, 0.5) is 4.39 Å². The number of H-pyrrole nitrogens is 2. The highest BCUT2D eigenvalue weighted by Crippen LogP contribution is 2.33. The van der Waals surface area contributed by atoms with Gasteiger partial charge in [-0.15, -0.1) is 0 Å². The molecule has 1 aromatic carbocycles. The maximum absolute atomic E-state index is 14.6. The predicted octanol–water partition coefficient (Wildman–Crippen LogP) is 6.95. The van der Waals surface area contributed by atoms with E-state index in [0.717, 1.165) is 80.8 Å². The monoisotopic (exact) mass is 506 g/mol. The minimum atomic E-state index is -0.253. The van der Waals surface area contributed by atoms with Crippen molar-refractivity contribution in [3.63, 3.8) is 0 Å². The molecule has 0 amide bonds. The van der Waals surface area contributed by atoms with Crippen molar-refractivity contribution < 1.29 is 4.39 Å². The minimum absolute atomic E-state index is 0.253. The maximum atomic E-state index is 14.6. The number of rotatable bonds is 9. The first-order valence-electron chi connectivity index (χ1n) is 12.7. The molecule has 0 aliphatic carbocycles. The second kappa shape index (κ2) is 10.9. The summed E-state index contributed by atoms with van der Waals surface area (Å²) >= 11 is 0. The Kier molecular flexibility index (Phi) is 7.29. The quantitative estimate of drug-likeness (QED) is 0.212. The molecule has 0 bridgehead atoms. The van der Waals surface area contributed by atoms with E-state index in [4.69, 9.17) is 4.98 Å². The van der Waals surface area contributed by atoms with Gasteiger partial charge in [0.15, 0.2) is 0 Å². The van der Waals surface area contributed by atoms with Crippen LogP contribution in [0.1, 0.15) is 24.6 Å². The number of benzene rings is 1. The standard InChI is InChI=1S/C31H31FN6/c1-5-7-10-21(6-2)25-11-12-27-30(35-25)31(37-36-27)28-19-24-26(34-28)13-14-33-29(24)22-16-20(17-23(32)18-22)9-8-15-38(3)4/h5-7,10-14,16-19,34H,1,8-9,15H2,2-4H3,(H,36,37)/b10-7-,21-6+. The van der Waals surface area contributed by atoms with Gasteiger partial charge >= 0.3 is 0 Å². The summed E-state index contributed by atoms with van der Waals surface area (Å²) in [6.07, 6.45) is 11.1. The molecule has 0 fully saturated rings. The third-order valence-electron chi connectivity index (χ3n) is 6.53. The van der Waals surface area contributed by atoms with Crippen LogP contribution < -0.4 is 0 Å². The lowest BCUT2D eigenvalue weighted by Gasteiger charge is -2.10. The summed E-state index contributed by atoms with van der Waals surface area (Å²) in [5.41, 5.74) is 8.36. The number of hydrogen-bond donors (Lipinski definition) is 2. The third kappa shape index (κ3) is 5.19. The Morgan fingerprint density at radius 1 is 1.08 bits per heavy atom. The average Bonchev–Trinajstić information content (AvgIpc) is 3.52. The van der Waals surface area contributed by atoms with E-state index in [9.17, 15) is 4.39 Å². The van der Waals surface area contributed by atoms with Gasteiger partial charge < -0.3 is 9.88 Å². The van der Waals surface area contributed by atoms with Crippen molar-refractivity contribution in [3.05, 3.63) is 96.6 Å². The molecule has 0 saturated carbocycles. The summed E-state index contributed by atoms with van der Waals surface area (Å²) in [6, 6.07) is 13.1.